The number of nitrogens with two attached hydrogens (primary N) is 1. The van der Waals surface area contributed by atoms with Gasteiger partial charge in [0.05, 0.1) is 0 Å². The quantitative estimate of drug-likeness (QED) is 0.651. The van der Waals surface area contributed by atoms with E-state index in [4.69, 9.17) is 11.1 Å². The lowest BCUT2D eigenvalue weighted by Gasteiger charge is -2.20. The number of aromatic nitrogens is 1. The van der Waals surface area contributed by atoms with Crippen LogP contribution < -0.4 is 10.6 Å². The summed E-state index contributed by atoms with van der Waals surface area (Å²) in [7, 11) is 1.99. The number of nitrogen functional groups attached to an aromatic ring is 1. The molecule has 0 spiro atoms. The minimum atomic E-state index is -0.0171. The molecular formula is C15H18N4. The molecule has 0 saturated carbocycles. The minimum Gasteiger partial charge on any atom is -0.382 e. The van der Waals surface area contributed by atoms with Crippen molar-refractivity contribution >= 4 is 17.2 Å². The zero-order valence-electron chi connectivity index (χ0n) is 11.2. The second-order valence-corrected chi connectivity index (χ2v) is 4.39. The van der Waals surface area contributed by atoms with Crippen LogP contribution in [0.4, 0.5) is 11.4 Å². The number of anilines is 2. The first-order valence-corrected chi connectivity index (χ1v) is 6.25. The van der Waals surface area contributed by atoms with Crippen molar-refractivity contribution in [1.82, 2.24) is 4.98 Å². The maximum atomic E-state index is 7.43. The van der Waals surface area contributed by atoms with Gasteiger partial charge in [-0.3, -0.25) is 10.4 Å². The van der Waals surface area contributed by atoms with Crippen molar-refractivity contribution in [1.29, 1.82) is 5.41 Å². The smallest absolute Gasteiger partial charge is 0.141 e. The highest BCUT2D eigenvalue weighted by Crippen LogP contribution is 2.23. The molecule has 1 heterocycles. The number of hydrogen-bond acceptors (Lipinski definition) is 3. The van der Waals surface area contributed by atoms with Gasteiger partial charge in [0.2, 0.25) is 0 Å². The first kappa shape index (κ1) is 13.1. The summed E-state index contributed by atoms with van der Waals surface area (Å²) in [5.41, 5.74) is 9.33. The molecule has 0 fully saturated rings. The molecule has 1 aromatic carbocycles. The summed E-state index contributed by atoms with van der Waals surface area (Å²) in [6.45, 7) is 2.14. The normalized spacial score (nSPS) is 10.2. The molecule has 0 aliphatic carbocycles. The Kier molecular flexibility index (Phi) is 3.80. The summed E-state index contributed by atoms with van der Waals surface area (Å²) in [5, 5.41) is 7.43. The molecule has 0 aliphatic heterocycles. The third-order valence-electron chi connectivity index (χ3n) is 3.14. The summed E-state index contributed by atoms with van der Waals surface area (Å²) in [6, 6.07) is 12.1. The molecule has 3 N–H and O–H groups in total. The van der Waals surface area contributed by atoms with E-state index in [0.717, 1.165) is 17.8 Å². The van der Waals surface area contributed by atoms with E-state index >= 15 is 0 Å². The topological polar surface area (TPSA) is 66.0 Å². The Balaban J connectivity index is 2.29. The monoisotopic (exact) mass is 254 g/mol. The SMILES string of the molecule is CCc1ccc(N(C)c2ccnc(C(=N)N)c2)cc1. The Morgan fingerprint density at radius 1 is 1.21 bits per heavy atom. The number of aryl methyl sites for hydroxylation is 1. The van der Waals surface area contributed by atoms with Crippen molar-refractivity contribution in [3.8, 4) is 0 Å². The molecule has 98 valence electrons. The second kappa shape index (κ2) is 5.52. The van der Waals surface area contributed by atoms with Crippen LogP contribution in [0.5, 0.6) is 0 Å². The number of hydrogen-bond donors (Lipinski definition) is 2. The van der Waals surface area contributed by atoms with Gasteiger partial charge in [-0.25, -0.2) is 0 Å². The number of pyridine rings is 1. The summed E-state index contributed by atoms with van der Waals surface area (Å²) < 4.78 is 0. The molecule has 0 bridgehead atoms. The van der Waals surface area contributed by atoms with Gasteiger partial charge in [-0.15, -0.1) is 0 Å². The van der Waals surface area contributed by atoms with Gasteiger partial charge >= 0.3 is 0 Å². The van der Waals surface area contributed by atoms with Crippen molar-refractivity contribution in [3.63, 3.8) is 0 Å². The van der Waals surface area contributed by atoms with E-state index in [2.05, 4.69) is 36.2 Å². The van der Waals surface area contributed by atoms with Crippen LogP contribution in [-0.4, -0.2) is 17.9 Å². The maximum absolute atomic E-state index is 7.43. The minimum absolute atomic E-state index is 0.0171. The second-order valence-electron chi connectivity index (χ2n) is 4.39. The van der Waals surface area contributed by atoms with Gasteiger partial charge in [-0.05, 0) is 36.2 Å². The number of nitrogens with one attached hydrogen (secondary N) is 1. The molecule has 4 nitrogen and oxygen atoms in total. The van der Waals surface area contributed by atoms with Crippen LogP contribution in [-0.2, 0) is 6.42 Å². The first-order chi connectivity index (χ1) is 9.11. The van der Waals surface area contributed by atoms with E-state index in [-0.39, 0.29) is 5.84 Å². The Morgan fingerprint density at radius 2 is 1.89 bits per heavy atom. The van der Waals surface area contributed by atoms with Crippen molar-refractivity contribution in [2.45, 2.75) is 13.3 Å². The van der Waals surface area contributed by atoms with Crippen LogP contribution in [0.3, 0.4) is 0 Å². The fourth-order valence-electron chi connectivity index (χ4n) is 1.88. The number of benzene rings is 1. The average Bonchev–Trinajstić information content (AvgIpc) is 2.46. The summed E-state index contributed by atoms with van der Waals surface area (Å²) >= 11 is 0. The molecular weight excluding hydrogens is 236 g/mol. The van der Waals surface area contributed by atoms with Crippen LogP contribution >= 0.6 is 0 Å². The van der Waals surface area contributed by atoms with Gasteiger partial charge in [0.15, 0.2) is 0 Å². The van der Waals surface area contributed by atoms with E-state index in [0.29, 0.717) is 5.69 Å². The molecule has 4 heteroatoms. The van der Waals surface area contributed by atoms with E-state index in [9.17, 15) is 0 Å². The standard InChI is InChI=1S/C15H18N4/c1-3-11-4-6-12(7-5-11)19(2)13-8-9-18-14(10-13)15(16)17/h4-10H,3H2,1-2H3,(H3,16,17). The fourth-order valence-corrected chi connectivity index (χ4v) is 1.88. The van der Waals surface area contributed by atoms with Crippen molar-refractivity contribution in [2.24, 2.45) is 5.73 Å². The molecule has 0 saturated heterocycles. The largest absolute Gasteiger partial charge is 0.382 e. The summed E-state index contributed by atoms with van der Waals surface area (Å²) in [4.78, 5) is 6.12. The highest BCUT2D eigenvalue weighted by atomic mass is 15.1. The molecule has 19 heavy (non-hydrogen) atoms. The molecule has 0 radical (unpaired) electrons. The van der Waals surface area contributed by atoms with E-state index in [1.807, 2.05) is 24.1 Å². The van der Waals surface area contributed by atoms with E-state index < -0.39 is 0 Å². The highest BCUT2D eigenvalue weighted by Gasteiger charge is 2.06. The van der Waals surface area contributed by atoms with Crippen LogP contribution in [0.2, 0.25) is 0 Å². The van der Waals surface area contributed by atoms with Gasteiger partial charge in [0.1, 0.15) is 11.5 Å². The Bertz CT molecular complexity index is 575. The number of rotatable bonds is 4. The van der Waals surface area contributed by atoms with Gasteiger partial charge < -0.3 is 10.6 Å². The predicted molar refractivity (Wildman–Crippen MR) is 79.1 cm³/mol. The van der Waals surface area contributed by atoms with Gasteiger partial charge in [-0.1, -0.05) is 19.1 Å². The molecule has 2 aromatic rings. The van der Waals surface area contributed by atoms with Crippen LogP contribution in [0.1, 0.15) is 18.2 Å². The van der Waals surface area contributed by atoms with Crippen molar-refractivity contribution in [2.75, 3.05) is 11.9 Å². The Hall–Kier alpha value is -2.36. The average molecular weight is 254 g/mol. The van der Waals surface area contributed by atoms with Crippen molar-refractivity contribution < 1.29 is 0 Å². The molecule has 2 rings (SSSR count). The zero-order chi connectivity index (χ0) is 13.8. The Labute approximate surface area is 113 Å². The van der Waals surface area contributed by atoms with Gasteiger partial charge in [0.25, 0.3) is 0 Å². The lowest BCUT2D eigenvalue weighted by atomic mass is 10.1. The summed E-state index contributed by atoms with van der Waals surface area (Å²) in [5.74, 6) is -0.0171. The molecule has 0 unspecified atom stereocenters. The zero-order valence-corrected chi connectivity index (χ0v) is 11.2. The van der Waals surface area contributed by atoms with E-state index in [1.54, 1.807) is 6.20 Å². The highest BCUT2D eigenvalue weighted by molar-refractivity contribution is 5.94. The van der Waals surface area contributed by atoms with Crippen LogP contribution in [0, 0.1) is 5.41 Å². The van der Waals surface area contributed by atoms with Gasteiger partial charge in [0, 0.05) is 24.6 Å². The number of nitrogens with zero attached hydrogens (tertiary/aromatic N) is 2. The van der Waals surface area contributed by atoms with Gasteiger partial charge in [-0.2, -0.15) is 0 Å². The fraction of sp³-hybridized carbons (Fsp3) is 0.200. The third-order valence-corrected chi connectivity index (χ3v) is 3.14. The summed E-state index contributed by atoms with van der Waals surface area (Å²) in [6.07, 6.45) is 2.71. The first-order valence-electron chi connectivity index (χ1n) is 6.25. The van der Waals surface area contributed by atoms with Crippen LogP contribution in [0.25, 0.3) is 0 Å². The molecule has 0 amide bonds. The Morgan fingerprint density at radius 3 is 2.47 bits per heavy atom. The number of amidine groups is 1. The predicted octanol–water partition coefficient (Wildman–Crippen LogP) is 2.70. The lowest BCUT2D eigenvalue weighted by Crippen LogP contribution is -2.15. The van der Waals surface area contributed by atoms with Crippen LogP contribution in [0.15, 0.2) is 42.6 Å². The van der Waals surface area contributed by atoms with Crippen molar-refractivity contribution in [3.05, 3.63) is 53.9 Å². The lowest BCUT2D eigenvalue weighted by molar-refractivity contribution is 1.13. The molecule has 1 aromatic heterocycles. The maximum Gasteiger partial charge on any atom is 0.141 e. The molecule has 0 aliphatic rings. The third kappa shape index (κ3) is 2.91. The van der Waals surface area contributed by atoms with E-state index in [1.165, 1.54) is 5.56 Å². The molecule has 0 atom stereocenters.